The molecule has 1 heterocycles. The van der Waals surface area contributed by atoms with Crippen molar-refractivity contribution in [1.29, 1.82) is 0 Å². The van der Waals surface area contributed by atoms with Crippen molar-refractivity contribution in [2.45, 2.75) is 6.92 Å². The van der Waals surface area contributed by atoms with Crippen molar-refractivity contribution in [3.05, 3.63) is 24.3 Å². The second-order valence-corrected chi connectivity index (χ2v) is 4.74. The molecule has 0 amide bonds. The van der Waals surface area contributed by atoms with Gasteiger partial charge in [-0.25, -0.2) is 4.98 Å². The maximum atomic E-state index is 11.6. The topological polar surface area (TPSA) is 75.2 Å². The SMILES string of the molecule is CCOP(=O)(O)c1nc2ccccc2[nH]1. The van der Waals surface area contributed by atoms with E-state index in [0.717, 1.165) is 5.52 Å². The van der Waals surface area contributed by atoms with Gasteiger partial charge in [-0.15, -0.1) is 0 Å². The fourth-order valence-electron chi connectivity index (χ4n) is 1.31. The van der Waals surface area contributed by atoms with Crippen molar-refractivity contribution >= 4 is 24.2 Å². The first-order valence-corrected chi connectivity index (χ1v) is 6.14. The lowest BCUT2D eigenvalue weighted by molar-refractivity contribution is 0.282. The number of para-hydroxylation sites is 2. The van der Waals surface area contributed by atoms with Crippen LogP contribution in [0.3, 0.4) is 0 Å². The van der Waals surface area contributed by atoms with Gasteiger partial charge in [0.1, 0.15) is 0 Å². The molecule has 6 heteroatoms. The van der Waals surface area contributed by atoms with E-state index in [9.17, 15) is 9.46 Å². The van der Waals surface area contributed by atoms with Crippen molar-refractivity contribution < 1.29 is 14.0 Å². The molecule has 1 aromatic heterocycles. The Bertz CT molecular complexity index is 490. The molecule has 0 bridgehead atoms. The lowest BCUT2D eigenvalue weighted by Crippen LogP contribution is -2.10. The predicted octanol–water partition coefficient (Wildman–Crippen LogP) is 1.41. The van der Waals surface area contributed by atoms with E-state index in [0.29, 0.717) is 5.52 Å². The highest BCUT2D eigenvalue weighted by Crippen LogP contribution is 2.39. The third-order valence-corrected chi connectivity index (χ3v) is 3.30. The number of aromatic nitrogens is 2. The number of hydrogen-bond acceptors (Lipinski definition) is 3. The number of benzene rings is 1. The van der Waals surface area contributed by atoms with Crippen molar-refractivity contribution in [2.24, 2.45) is 0 Å². The van der Waals surface area contributed by atoms with E-state index in [1.165, 1.54) is 0 Å². The zero-order valence-corrected chi connectivity index (χ0v) is 9.07. The highest BCUT2D eigenvalue weighted by atomic mass is 31.2. The molecular weight excluding hydrogens is 215 g/mol. The van der Waals surface area contributed by atoms with Gasteiger partial charge in [0.25, 0.3) is 0 Å². The molecule has 0 saturated carbocycles. The highest BCUT2D eigenvalue weighted by Gasteiger charge is 2.26. The molecule has 1 unspecified atom stereocenters. The number of H-pyrrole nitrogens is 1. The average Bonchev–Trinajstić information content (AvgIpc) is 2.61. The predicted molar refractivity (Wildman–Crippen MR) is 57.2 cm³/mol. The number of hydrogen-bond donors (Lipinski definition) is 2. The minimum atomic E-state index is -3.78. The molecule has 1 aromatic carbocycles. The minimum Gasteiger partial charge on any atom is -0.332 e. The molecule has 2 rings (SSSR count). The van der Waals surface area contributed by atoms with Crippen LogP contribution in [0.1, 0.15) is 6.92 Å². The Morgan fingerprint density at radius 2 is 2.27 bits per heavy atom. The maximum Gasteiger partial charge on any atom is 0.393 e. The first kappa shape index (κ1) is 10.4. The summed E-state index contributed by atoms with van der Waals surface area (Å²) in [5.41, 5.74) is 1.37. The minimum absolute atomic E-state index is 0.00875. The van der Waals surface area contributed by atoms with Crippen LogP contribution in [-0.4, -0.2) is 21.5 Å². The quantitative estimate of drug-likeness (QED) is 0.776. The van der Waals surface area contributed by atoms with Gasteiger partial charge in [-0.1, -0.05) is 12.1 Å². The zero-order valence-electron chi connectivity index (χ0n) is 8.17. The Morgan fingerprint density at radius 3 is 2.93 bits per heavy atom. The van der Waals surface area contributed by atoms with E-state index in [1.807, 2.05) is 12.1 Å². The summed E-state index contributed by atoms with van der Waals surface area (Å²) < 4.78 is 16.4. The van der Waals surface area contributed by atoms with E-state index in [4.69, 9.17) is 4.52 Å². The molecule has 0 aliphatic carbocycles. The molecule has 0 saturated heterocycles. The summed E-state index contributed by atoms with van der Waals surface area (Å²) in [5, 5.41) is 0. The average molecular weight is 226 g/mol. The Labute approximate surface area is 86.6 Å². The Kier molecular flexibility index (Phi) is 2.61. The second kappa shape index (κ2) is 3.77. The van der Waals surface area contributed by atoms with Gasteiger partial charge in [-0.3, -0.25) is 4.57 Å². The zero-order chi connectivity index (χ0) is 10.9. The molecule has 0 radical (unpaired) electrons. The molecule has 80 valence electrons. The summed E-state index contributed by atoms with van der Waals surface area (Å²) in [7, 11) is -3.78. The van der Waals surface area contributed by atoms with E-state index >= 15 is 0 Å². The first-order valence-electron chi connectivity index (χ1n) is 4.56. The van der Waals surface area contributed by atoms with Crippen LogP contribution in [0.25, 0.3) is 11.0 Å². The van der Waals surface area contributed by atoms with Gasteiger partial charge in [0.15, 0.2) is 0 Å². The number of rotatable bonds is 3. The largest absolute Gasteiger partial charge is 0.393 e. The molecule has 0 aliphatic heterocycles. The molecule has 2 aromatic rings. The van der Waals surface area contributed by atoms with Crippen LogP contribution in [0.4, 0.5) is 0 Å². The number of aromatic amines is 1. The van der Waals surface area contributed by atoms with Gasteiger partial charge in [-0.2, -0.15) is 0 Å². The monoisotopic (exact) mass is 226 g/mol. The van der Waals surface area contributed by atoms with Crippen LogP contribution in [0.15, 0.2) is 24.3 Å². The summed E-state index contributed by atoms with van der Waals surface area (Å²) >= 11 is 0. The van der Waals surface area contributed by atoms with Gasteiger partial charge in [0, 0.05) is 0 Å². The van der Waals surface area contributed by atoms with E-state index in [2.05, 4.69) is 9.97 Å². The number of fused-ring (bicyclic) bond motifs is 1. The molecule has 0 spiro atoms. The Morgan fingerprint density at radius 1 is 1.53 bits per heavy atom. The van der Waals surface area contributed by atoms with E-state index < -0.39 is 7.60 Å². The van der Waals surface area contributed by atoms with Gasteiger partial charge in [-0.05, 0) is 19.1 Å². The fraction of sp³-hybridized carbons (Fsp3) is 0.222. The van der Waals surface area contributed by atoms with Crippen molar-refractivity contribution in [2.75, 3.05) is 6.61 Å². The summed E-state index contributed by atoms with van der Waals surface area (Å²) in [6, 6.07) is 7.20. The van der Waals surface area contributed by atoms with Crippen LogP contribution < -0.4 is 5.57 Å². The van der Waals surface area contributed by atoms with Crippen molar-refractivity contribution in [3.8, 4) is 0 Å². The first-order chi connectivity index (χ1) is 7.13. The lowest BCUT2D eigenvalue weighted by Gasteiger charge is -2.05. The molecule has 2 N–H and O–H groups in total. The van der Waals surface area contributed by atoms with Crippen molar-refractivity contribution in [1.82, 2.24) is 9.97 Å². The second-order valence-electron chi connectivity index (χ2n) is 3.02. The normalized spacial score (nSPS) is 15.3. The standard InChI is InChI=1S/C9H11N2O3P/c1-2-14-15(12,13)9-10-7-5-3-4-6-8(7)11-9/h3-6H,2H2,1H3,(H,10,11)(H,12,13). The van der Waals surface area contributed by atoms with E-state index in [-0.39, 0.29) is 12.2 Å². The van der Waals surface area contributed by atoms with Gasteiger partial charge >= 0.3 is 7.60 Å². The molecule has 15 heavy (non-hydrogen) atoms. The molecule has 1 atom stereocenters. The van der Waals surface area contributed by atoms with Crippen LogP contribution in [-0.2, 0) is 9.09 Å². The number of nitrogens with zero attached hydrogens (tertiary/aromatic N) is 1. The third kappa shape index (κ3) is 1.95. The summed E-state index contributed by atoms with van der Waals surface area (Å²) in [6.07, 6.45) is 0. The Balaban J connectivity index is 2.49. The smallest absolute Gasteiger partial charge is 0.332 e. The highest BCUT2D eigenvalue weighted by molar-refractivity contribution is 7.60. The van der Waals surface area contributed by atoms with Crippen LogP contribution in [0.2, 0.25) is 0 Å². The number of imidazole rings is 1. The lowest BCUT2D eigenvalue weighted by atomic mass is 10.3. The molecule has 0 fully saturated rings. The maximum absolute atomic E-state index is 11.6. The van der Waals surface area contributed by atoms with Gasteiger partial charge in [0.05, 0.1) is 17.6 Å². The number of nitrogens with one attached hydrogen (secondary N) is 1. The molecule has 0 aliphatic rings. The van der Waals surface area contributed by atoms with Crippen molar-refractivity contribution in [3.63, 3.8) is 0 Å². The van der Waals surface area contributed by atoms with Gasteiger partial charge < -0.3 is 14.4 Å². The summed E-state index contributed by atoms with van der Waals surface area (Å²) in [6.45, 7) is 1.83. The fourth-order valence-corrected chi connectivity index (χ4v) is 2.28. The van der Waals surface area contributed by atoms with Crippen LogP contribution >= 0.6 is 7.60 Å². The third-order valence-electron chi connectivity index (χ3n) is 1.95. The van der Waals surface area contributed by atoms with E-state index in [1.54, 1.807) is 19.1 Å². The Hall–Kier alpha value is -1.16. The van der Waals surface area contributed by atoms with Crippen LogP contribution in [0, 0.1) is 0 Å². The molecule has 5 nitrogen and oxygen atoms in total. The molecular formula is C9H11N2O3P. The van der Waals surface area contributed by atoms with Gasteiger partial charge in [0.2, 0.25) is 5.57 Å². The summed E-state index contributed by atoms with van der Waals surface area (Å²) in [4.78, 5) is 16.3. The van der Waals surface area contributed by atoms with Crippen LogP contribution in [0.5, 0.6) is 0 Å². The summed E-state index contributed by atoms with van der Waals surface area (Å²) in [5.74, 6) is 0.